The molecule has 138 valence electrons. The molecule has 1 aromatic rings. The average molecular weight is 349 g/mol. The first kappa shape index (κ1) is 17.7. The molecule has 2 aliphatic rings. The van der Waals surface area contributed by atoms with Crippen LogP contribution in [-0.4, -0.2) is 56.4 Å². The van der Waals surface area contributed by atoms with Gasteiger partial charge in [-0.1, -0.05) is 13.3 Å². The predicted molar refractivity (Wildman–Crippen MR) is 91.2 cm³/mol. The molecule has 1 saturated heterocycles. The maximum Gasteiger partial charge on any atom is 0.317 e. The second-order valence-corrected chi connectivity index (χ2v) is 7.26. The molecule has 2 N–H and O–H groups in total. The first-order valence-corrected chi connectivity index (χ1v) is 9.21. The lowest BCUT2D eigenvalue weighted by Gasteiger charge is -2.34. The number of aliphatic carboxylic acids is 1. The Hall–Kier alpha value is -2.12. The van der Waals surface area contributed by atoms with E-state index in [4.69, 9.17) is 0 Å². The summed E-state index contributed by atoms with van der Waals surface area (Å²) in [5.74, 6) is 0.880. The molecular weight excluding hydrogens is 322 g/mol. The van der Waals surface area contributed by atoms with Crippen molar-refractivity contribution in [2.45, 2.75) is 52.0 Å². The Morgan fingerprint density at radius 3 is 2.88 bits per heavy atom. The monoisotopic (exact) mass is 349 g/mol. The molecule has 0 bridgehead atoms. The number of urea groups is 1. The van der Waals surface area contributed by atoms with Gasteiger partial charge in [0.25, 0.3) is 0 Å². The number of nitrogens with zero attached hydrogens (tertiary/aromatic N) is 4. The van der Waals surface area contributed by atoms with E-state index in [1.165, 1.54) is 6.42 Å². The van der Waals surface area contributed by atoms with Crippen molar-refractivity contribution in [3.05, 3.63) is 11.6 Å². The van der Waals surface area contributed by atoms with Gasteiger partial charge in [0, 0.05) is 39.0 Å². The van der Waals surface area contributed by atoms with E-state index in [1.807, 2.05) is 6.92 Å². The van der Waals surface area contributed by atoms with Crippen LogP contribution in [-0.2, 0) is 24.2 Å². The lowest BCUT2D eigenvalue weighted by molar-refractivity contribution is -0.143. The molecule has 3 rings (SSSR count). The van der Waals surface area contributed by atoms with Crippen molar-refractivity contribution in [1.82, 2.24) is 25.0 Å². The van der Waals surface area contributed by atoms with Crippen molar-refractivity contribution in [2.75, 3.05) is 19.6 Å². The number of aryl methyl sites for hydroxylation is 1. The number of rotatable bonds is 4. The largest absolute Gasteiger partial charge is 0.481 e. The molecule has 2 amide bonds. The van der Waals surface area contributed by atoms with Gasteiger partial charge in [-0.25, -0.2) is 4.79 Å². The van der Waals surface area contributed by atoms with Gasteiger partial charge in [0.05, 0.1) is 5.92 Å². The Balaban J connectivity index is 1.51. The van der Waals surface area contributed by atoms with Gasteiger partial charge in [0.2, 0.25) is 0 Å². The normalized spacial score (nSPS) is 23.6. The van der Waals surface area contributed by atoms with Crippen LogP contribution in [0.3, 0.4) is 0 Å². The minimum absolute atomic E-state index is 0.187. The third-order valence-electron chi connectivity index (χ3n) is 5.11. The van der Waals surface area contributed by atoms with Crippen molar-refractivity contribution < 1.29 is 14.7 Å². The lowest BCUT2D eigenvalue weighted by Crippen LogP contribution is -2.49. The third kappa shape index (κ3) is 4.29. The van der Waals surface area contributed by atoms with Crippen LogP contribution in [0.25, 0.3) is 0 Å². The van der Waals surface area contributed by atoms with Crippen LogP contribution in [0.4, 0.5) is 4.79 Å². The van der Waals surface area contributed by atoms with Crippen molar-refractivity contribution in [2.24, 2.45) is 11.8 Å². The maximum absolute atomic E-state index is 12.4. The van der Waals surface area contributed by atoms with E-state index in [0.29, 0.717) is 25.9 Å². The quantitative estimate of drug-likeness (QED) is 0.853. The molecule has 0 radical (unpaired) electrons. The number of nitrogens with one attached hydrogen (secondary N) is 1. The summed E-state index contributed by atoms with van der Waals surface area (Å²) >= 11 is 0. The number of fused-ring (bicyclic) bond motifs is 1. The zero-order valence-electron chi connectivity index (χ0n) is 14.8. The molecule has 2 atom stereocenters. The van der Waals surface area contributed by atoms with E-state index in [2.05, 4.69) is 20.1 Å². The van der Waals surface area contributed by atoms with Gasteiger partial charge in [-0.15, -0.1) is 10.2 Å². The number of hydrogen-bond acceptors (Lipinski definition) is 4. The van der Waals surface area contributed by atoms with Crippen molar-refractivity contribution >= 4 is 12.0 Å². The van der Waals surface area contributed by atoms with Crippen LogP contribution in [0, 0.1) is 11.8 Å². The average Bonchev–Trinajstić information content (AvgIpc) is 2.81. The SMILES string of the molecule is CC1CC(C(=O)O)CN(C(=O)NCCc2nnc3n2CCCCC3)C1. The minimum Gasteiger partial charge on any atom is -0.481 e. The van der Waals surface area contributed by atoms with Crippen LogP contribution >= 0.6 is 0 Å². The van der Waals surface area contributed by atoms with Crippen molar-refractivity contribution in [3.63, 3.8) is 0 Å². The molecule has 0 spiro atoms. The summed E-state index contributed by atoms with van der Waals surface area (Å²) in [6.45, 7) is 4.32. The van der Waals surface area contributed by atoms with Crippen LogP contribution < -0.4 is 5.32 Å². The highest BCUT2D eigenvalue weighted by molar-refractivity contribution is 5.76. The van der Waals surface area contributed by atoms with Crippen molar-refractivity contribution in [1.29, 1.82) is 0 Å². The van der Waals surface area contributed by atoms with Gasteiger partial charge in [0.15, 0.2) is 0 Å². The Morgan fingerprint density at radius 1 is 1.24 bits per heavy atom. The topological polar surface area (TPSA) is 100 Å². The summed E-state index contributed by atoms with van der Waals surface area (Å²) < 4.78 is 2.18. The highest BCUT2D eigenvalue weighted by Crippen LogP contribution is 2.21. The van der Waals surface area contributed by atoms with Gasteiger partial charge in [-0.2, -0.15) is 0 Å². The summed E-state index contributed by atoms with van der Waals surface area (Å²) in [5.41, 5.74) is 0. The molecule has 3 heterocycles. The Labute approximate surface area is 147 Å². The highest BCUT2D eigenvalue weighted by atomic mass is 16.4. The second kappa shape index (κ2) is 7.84. The molecule has 0 aromatic carbocycles. The minimum atomic E-state index is -0.824. The van der Waals surface area contributed by atoms with E-state index in [-0.39, 0.29) is 18.5 Å². The van der Waals surface area contributed by atoms with Gasteiger partial charge < -0.3 is 19.9 Å². The number of carbonyl (C=O) groups is 2. The van der Waals surface area contributed by atoms with E-state index in [1.54, 1.807) is 4.90 Å². The zero-order valence-corrected chi connectivity index (χ0v) is 14.8. The van der Waals surface area contributed by atoms with E-state index in [0.717, 1.165) is 37.5 Å². The summed E-state index contributed by atoms with van der Waals surface area (Å²) in [5, 5.41) is 20.7. The van der Waals surface area contributed by atoms with Crippen LogP contribution in [0.15, 0.2) is 0 Å². The Bertz CT molecular complexity index is 630. The molecule has 2 unspecified atom stereocenters. The lowest BCUT2D eigenvalue weighted by atomic mass is 9.91. The molecule has 8 nitrogen and oxygen atoms in total. The van der Waals surface area contributed by atoms with E-state index in [9.17, 15) is 14.7 Å². The standard InChI is InChI=1S/C17H27N5O3/c1-12-9-13(16(23)24)11-21(10-12)17(25)18-7-6-15-20-19-14-5-3-2-4-8-22(14)15/h12-13H,2-11H2,1H3,(H,18,25)(H,23,24). The highest BCUT2D eigenvalue weighted by Gasteiger charge is 2.31. The molecule has 1 aromatic heterocycles. The number of amides is 2. The fraction of sp³-hybridized carbons (Fsp3) is 0.765. The van der Waals surface area contributed by atoms with Gasteiger partial charge >= 0.3 is 12.0 Å². The number of likely N-dealkylation sites (tertiary alicyclic amines) is 1. The van der Waals surface area contributed by atoms with Gasteiger partial charge in [-0.3, -0.25) is 4.79 Å². The zero-order chi connectivity index (χ0) is 17.8. The van der Waals surface area contributed by atoms with Crippen LogP contribution in [0.1, 0.15) is 44.3 Å². The van der Waals surface area contributed by atoms with Crippen molar-refractivity contribution in [3.8, 4) is 0 Å². The first-order valence-electron chi connectivity index (χ1n) is 9.21. The molecular formula is C17H27N5O3. The van der Waals surface area contributed by atoms with Crippen LogP contribution in [0.2, 0.25) is 0 Å². The van der Waals surface area contributed by atoms with Gasteiger partial charge in [-0.05, 0) is 25.2 Å². The maximum atomic E-state index is 12.4. The molecule has 1 fully saturated rings. The van der Waals surface area contributed by atoms with E-state index < -0.39 is 11.9 Å². The van der Waals surface area contributed by atoms with Crippen LogP contribution in [0.5, 0.6) is 0 Å². The first-order chi connectivity index (χ1) is 12.0. The van der Waals surface area contributed by atoms with Gasteiger partial charge in [0.1, 0.15) is 11.6 Å². The number of carboxylic acids is 1. The fourth-order valence-electron chi connectivity index (χ4n) is 3.82. The fourth-order valence-corrected chi connectivity index (χ4v) is 3.82. The molecule has 0 aliphatic carbocycles. The summed E-state index contributed by atoms with van der Waals surface area (Å²) in [7, 11) is 0. The number of aromatic nitrogens is 3. The number of carbonyl (C=O) groups excluding carboxylic acids is 1. The number of carboxylic acid groups (broad SMARTS) is 1. The summed E-state index contributed by atoms with van der Waals surface area (Å²) in [4.78, 5) is 25.2. The number of piperidine rings is 1. The second-order valence-electron chi connectivity index (χ2n) is 7.26. The molecule has 8 heteroatoms. The summed E-state index contributed by atoms with van der Waals surface area (Å²) in [6, 6.07) is -0.187. The summed E-state index contributed by atoms with van der Waals surface area (Å²) in [6.07, 6.45) is 5.77. The molecule has 2 aliphatic heterocycles. The smallest absolute Gasteiger partial charge is 0.317 e. The Morgan fingerprint density at radius 2 is 2.08 bits per heavy atom. The third-order valence-corrected chi connectivity index (χ3v) is 5.11. The molecule has 25 heavy (non-hydrogen) atoms. The Kier molecular flexibility index (Phi) is 5.55. The molecule has 0 saturated carbocycles. The predicted octanol–water partition coefficient (Wildman–Crippen LogP) is 1.30. The number of hydrogen-bond donors (Lipinski definition) is 2. The van der Waals surface area contributed by atoms with E-state index >= 15 is 0 Å².